The molecule has 1 aliphatic carbocycles. The number of Topliss-reactive ketones (excluding diaryl/α,β-unsaturated/α-hetero) is 1. The lowest BCUT2D eigenvalue weighted by atomic mass is 9.95. The summed E-state index contributed by atoms with van der Waals surface area (Å²) < 4.78 is 2.11. The molecule has 0 spiro atoms. The monoisotopic (exact) mass is 234 g/mol. The largest absolute Gasteiger partial charge is 0.294 e. The van der Waals surface area contributed by atoms with E-state index in [2.05, 4.69) is 9.78 Å². The molecule has 0 amide bonds. The number of aromatic nitrogens is 2. The molecule has 3 nitrogen and oxygen atoms in total. The number of aryl methyl sites for hydroxylation is 1. The molecular weight excluding hydrogens is 212 g/mol. The van der Waals surface area contributed by atoms with Gasteiger partial charge in [-0.2, -0.15) is 5.10 Å². The Balaban J connectivity index is 2.32. The van der Waals surface area contributed by atoms with Gasteiger partial charge in [0.15, 0.2) is 5.78 Å². The Hall–Kier alpha value is -1.12. The van der Waals surface area contributed by atoms with Crippen molar-refractivity contribution in [1.82, 2.24) is 9.78 Å². The summed E-state index contributed by atoms with van der Waals surface area (Å²) in [5, 5.41) is 4.60. The van der Waals surface area contributed by atoms with E-state index in [-0.39, 0.29) is 5.78 Å². The fourth-order valence-electron chi connectivity index (χ4n) is 2.92. The average molecular weight is 234 g/mol. The highest BCUT2D eigenvalue weighted by atomic mass is 16.1. The molecule has 0 saturated heterocycles. The summed E-state index contributed by atoms with van der Waals surface area (Å²) in [5.74, 6) is 0.224. The van der Waals surface area contributed by atoms with Crippen molar-refractivity contribution in [3.63, 3.8) is 0 Å². The minimum atomic E-state index is 0.224. The highest BCUT2D eigenvalue weighted by Gasteiger charge is 2.23. The Morgan fingerprint density at radius 3 is 2.53 bits per heavy atom. The van der Waals surface area contributed by atoms with Crippen molar-refractivity contribution >= 4 is 5.78 Å². The summed E-state index contributed by atoms with van der Waals surface area (Å²) in [6, 6.07) is 0.515. The fraction of sp³-hybridized carbons (Fsp3) is 0.714. The standard InChI is InChI=1S/C14H22N2O/c1-4-13(17)14-10(2)15-16(11(14)3)12-8-6-5-7-9-12/h12H,4-9H2,1-3H3. The van der Waals surface area contributed by atoms with Crippen LogP contribution < -0.4 is 0 Å². The molecule has 0 aliphatic heterocycles. The lowest BCUT2D eigenvalue weighted by Crippen LogP contribution is -2.15. The Kier molecular flexibility index (Phi) is 3.65. The van der Waals surface area contributed by atoms with Crippen molar-refractivity contribution < 1.29 is 4.79 Å². The lowest BCUT2D eigenvalue weighted by Gasteiger charge is -2.23. The maximum atomic E-state index is 11.9. The van der Waals surface area contributed by atoms with Crippen molar-refractivity contribution in [2.24, 2.45) is 0 Å². The summed E-state index contributed by atoms with van der Waals surface area (Å²) in [6.07, 6.45) is 6.91. The summed E-state index contributed by atoms with van der Waals surface area (Å²) in [4.78, 5) is 11.9. The van der Waals surface area contributed by atoms with Gasteiger partial charge in [-0.3, -0.25) is 9.48 Å². The predicted molar refractivity (Wildman–Crippen MR) is 68.4 cm³/mol. The predicted octanol–water partition coefficient (Wildman–Crippen LogP) is 3.60. The minimum absolute atomic E-state index is 0.224. The summed E-state index contributed by atoms with van der Waals surface area (Å²) in [7, 11) is 0. The first-order valence-corrected chi connectivity index (χ1v) is 6.74. The third kappa shape index (κ3) is 2.28. The van der Waals surface area contributed by atoms with Gasteiger partial charge in [-0.25, -0.2) is 0 Å². The summed E-state index contributed by atoms with van der Waals surface area (Å²) >= 11 is 0. The number of ketones is 1. The smallest absolute Gasteiger partial charge is 0.166 e. The third-order valence-electron chi connectivity index (χ3n) is 3.85. The van der Waals surface area contributed by atoms with Crippen LogP contribution in [0.3, 0.4) is 0 Å². The molecule has 1 saturated carbocycles. The second-order valence-electron chi connectivity index (χ2n) is 5.06. The van der Waals surface area contributed by atoms with E-state index in [1.165, 1.54) is 32.1 Å². The van der Waals surface area contributed by atoms with Crippen LogP contribution in [-0.4, -0.2) is 15.6 Å². The highest BCUT2D eigenvalue weighted by Crippen LogP contribution is 2.30. The molecule has 2 rings (SSSR count). The molecule has 0 bridgehead atoms. The van der Waals surface area contributed by atoms with Gasteiger partial charge in [-0.15, -0.1) is 0 Å². The molecule has 3 heteroatoms. The van der Waals surface area contributed by atoms with Crippen LogP contribution in [-0.2, 0) is 0 Å². The van der Waals surface area contributed by atoms with Crippen molar-refractivity contribution in [1.29, 1.82) is 0 Å². The molecule has 0 aromatic carbocycles. The number of nitrogens with zero attached hydrogens (tertiary/aromatic N) is 2. The summed E-state index contributed by atoms with van der Waals surface area (Å²) in [5.41, 5.74) is 2.83. The molecule has 1 aliphatic rings. The molecule has 0 radical (unpaired) electrons. The third-order valence-corrected chi connectivity index (χ3v) is 3.85. The van der Waals surface area contributed by atoms with Crippen molar-refractivity contribution in [2.45, 2.75) is 65.3 Å². The van der Waals surface area contributed by atoms with Gasteiger partial charge in [0, 0.05) is 12.1 Å². The van der Waals surface area contributed by atoms with E-state index >= 15 is 0 Å². The first kappa shape index (κ1) is 12.3. The van der Waals surface area contributed by atoms with Crippen LogP contribution in [0.25, 0.3) is 0 Å². The molecule has 0 N–H and O–H groups in total. The minimum Gasteiger partial charge on any atom is -0.294 e. The first-order valence-electron chi connectivity index (χ1n) is 6.74. The molecule has 1 aromatic rings. The van der Waals surface area contributed by atoms with Gasteiger partial charge < -0.3 is 0 Å². The van der Waals surface area contributed by atoms with Crippen molar-refractivity contribution in [3.8, 4) is 0 Å². The van der Waals surface area contributed by atoms with Crippen molar-refractivity contribution in [2.75, 3.05) is 0 Å². The molecule has 1 heterocycles. The number of hydrogen-bond acceptors (Lipinski definition) is 2. The molecule has 0 atom stereocenters. The zero-order chi connectivity index (χ0) is 12.4. The Morgan fingerprint density at radius 2 is 1.94 bits per heavy atom. The maximum absolute atomic E-state index is 11.9. The normalized spacial score (nSPS) is 17.4. The zero-order valence-electron chi connectivity index (χ0n) is 11.1. The van der Waals surface area contributed by atoms with Gasteiger partial charge in [-0.05, 0) is 26.7 Å². The number of rotatable bonds is 3. The van der Waals surface area contributed by atoms with Crippen LogP contribution >= 0.6 is 0 Å². The number of carbonyl (C=O) groups excluding carboxylic acids is 1. The van der Waals surface area contributed by atoms with Crippen LogP contribution in [0, 0.1) is 13.8 Å². The van der Waals surface area contributed by atoms with E-state index in [1.54, 1.807) is 0 Å². The van der Waals surface area contributed by atoms with E-state index < -0.39 is 0 Å². The van der Waals surface area contributed by atoms with Gasteiger partial charge >= 0.3 is 0 Å². The second-order valence-corrected chi connectivity index (χ2v) is 5.06. The molecule has 1 fully saturated rings. The molecule has 17 heavy (non-hydrogen) atoms. The Labute approximate surface area is 103 Å². The van der Waals surface area contributed by atoms with Gasteiger partial charge in [0.25, 0.3) is 0 Å². The van der Waals surface area contributed by atoms with Gasteiger partial charge in [-0.1, -0.05) is 26.2 Å². The highest BCUT2D eigenvalue weighted by molar-refractivity contribution is 5.97. The van der Waals surface area contributed by atoms with Crippen LogP contribution in [0.2, 0.25) is 0 Å². The van der Waals surface area contributed by atoms with Crippen LogP contribution in [0.15, 0.2) is 0 Å². The molecule has 94 valence electrons. The van der Waals surface area contributed by atoms with E-state index in [0.29, 0.717) is 12.5 Å². The Morgan fingerprint density at radius 1 is 1.29 bits per heavy atom. The lowest BCUT2D eigenvalue weighted by molar-refractivity contribution is 0.0987. The van der Waals surface area contributed by atoms with E-state index in [4.69, 9.17) is 0 Å². The first-order chi connectivity index (χ1) is 8.15. The van der Waals surface area contributed by atoms with Crippen LogP contribution in [0.1, 0.15) is 73.2 Å². The van der Waals surface area contributed by atoms with Crippen LogP contribution in [0.4, 0.5) is 0 Å². The number of carbonyl (C=O) groups is 1. The number of hydrogen-bond donors (Lipinski definition) is 0. The summed E-state index contributed by atoms with van der Waals surface area (Å²) in [6.45, 7) is 5.91. The Bertz CT molecular complexity index is 414. The zero-order valence-corrected chi connectivity index (χ0v) is 11.1. The van der Waals surface area contributed by atoms with Gasteiger partial charge in [0.05, 0.1) is 17.3 Å². The topological polar surface area (TPSA) is 34.9 Å². The van der Waals surface area contributed by atoms with E-state index in [0.717, 1.165) is 17.0 Å². The molecule has 0 unspecified atom stereocenters. The fourth-order valence-corrected chi connectivity index (χ4v) is 2.92. The van der Waals surface area contributed by atoms with Gasteiger partial charge in [0.2, 0.25) is 0 Å². The van der Waals surface area contributed by atoms with Crippen LogP contribution in [0.5, 0.6) is 0 Å². The van der Waals surface area contributed by atoms with Crippen molar-refractivity contribution in [3.05, 3.63) is 17.0 Å². The molecule has 1 aromatic heterocycles. The maximum Gasteiger partial charge on any atom is 0.166 e. The van der Waals surface area contributed by atoms with E-state index in [9.17, 15) is 4.79 Å². The van der Waals surface area contributed by atoms with E-state index in [1.807, 2.05) is 20.8 Å². The second kappa shape index (κ2) is 5.03. The van der Waals surface area contributed by atoms with Gasteiger partial charge in [0.1, 0.15) is 0 Å². The average Bonchev–Trinajstić information content (AvgIpc) is 2.65. The quantitative estimate of drug-likeness (QED) is 0.749. The molecular formula is C14H22N2O. The SMILES string of the molecule is CCC(=O)c1c(C)nn(C2CCCCC2)c1C.